The maximum absolute atomic E-state index is 10.6. The largest absolute Gasteiger partial charge is 0.489 e. The van der Waals surface area contributed by atoms with Crippen LogP contribution in [-0.2, 0) is 9.53 Å². The lowest BCUT2D eigenvalue weighted by Crippen LogP contribution is -2.00. The van der Waals surface area contributed by atoms with Gasteiger partial charge in [-0.25, -0.2) is 0 Å². The Morgan fingerprint density at radius 3 is 2.90 bits per heavy atom. The smallest absolute Gasteiger partial charge is 0.320 e. The van der Waals surface area contributed by atoms with Crippen molar-refractivity contribution >= 4 is 23.3 Å². The summed E-state index contributed by atoms with van der Waals surface area (Å²) >= 11 is 4.20. The third kappa shape index (κ3) is 3.12. The molecule has 0 N–H and O–H groups in total. The number of ether oxygens (including phenoxy) is 1. The molecule has 1 amide bonds. The van der Waals surface area contributed by atoms with Gasteiger partial charge in [0.05, 0.1) is 11.8 Å². The molecule has 0 unspecified atom stereocenters. The lowest BCUT2D eigenvalue weighted by atomic mass is 10.5. The molecule has 54 valence electrons. The summed E-state index contributed by atoms with van der Waals surface area (Å²) in [7, 11) is 0. The van der Waals surface area contributed by atoms with E-state index in [4.69, 9.17) is 4.74 Å². The van der Waals surface area contributed by atoms with Crippen molar-refractivity contribution in [3.63, 3.8) is 0 Å². The van der Waals surface area contributed by atoms with Crippen molar-refractivity contribution in [1.29, 1.82) is 0 Å². The molecule has 0 aliphatic rings. The van der Waals surface area contributed by atoms with E-state index in [-0.39, 0.29) is 5.76 Å². The molecule has 0 radical (unpaired) electrons. The highest BCUT2D eigenvalue weighted by molar-refractivity contribution is 7.78. The number of nitrogens with zero attached hydrogens (tertiary/aromatic N) is 1. The van der Waals surface area contributed by atoms with E-state index in [1.54, 1.807) is 6.92 Å². The highest BCUT2D eigenvalue weighted by Crippen LogP contribution is 1.94. The van der Waals surface area contributed by atoms with Crippen molar-refractivity contribution in [1.82, 2.24) is 0 Å². The second-order valence-corrected chi connectivity index (χ2v) is 1.55. The third-order valence-electron chi connectivity index (χ3n) is 0.704. The van der Waals surface area contributed by atoms with Gasteiger partial charge in [-0.3, -0.25) is 4.79 Å². The molecule has 0 fully saturated rings. The first-order valence-corrected chi connectivity index (χ1v) is 3.07. The fourth-order valence-electron chi connectivity index (χ4n) is 0.340. The molecule has 0 bridgehead atoms. The molecule has 0 saturated heterocycles. The Bertz CT molecular complexity index is 194. The van der Waals surface area contributed by atoms with Crippen LogP contribution in [0, 0.1) is 0 Å². The third-order valence-corrected chi connectivity index (χ3v) is 0.796. The van der Waals surface area contributed by atoms with E-state index in [2.05, 4.69) is 23.8 Å². The Morgan fingerprint density at radius 1 is 1.90 bits per heavy atom. The summed E-state index contributed by atoms with van der Waals surface area (Å²) in [5, 5.41) is 1.92. The van der Waals surface area contributed by atoms with Gasteiger partial charge in [-0.2, -0.15) is 0 Å². The molecule has 10 heavy (non-hydrogen) atoms. The number of amides is 1. The van der Waals surface area contributed by atoms with Gasteiger partial charge in [0, 0.05) is 0 Å². The summed E-state index contributed by atoms with van der Waals surface area (Å²) in [6.07, 6.45) is 0. The van der Waals surface area contributed by atoms with Crippen LogP contribution in [0.3, 0.4) is 0 Å². The normalized spacial score (nSPS) is 7.70. The molecule has 4 heteroatoms. The van der Waals surface area contributed by atoms with Crippen LogP contribution in [-0.4, -0.2) is 17.7 Å². The van der Waals surface area contributed by atoms with Crippen molar-refractivity contribution in [3.05, 3.63) is 12.3 Å². The van der Waals surface area contributed by atoms with Crippen LogP contribution >= 0.6 is 12.2 Å². The molecule has 0 aliphatic carbocycles. The van der Waals surface area contributed by atoms with E-state index in [1.807, 2.05) is 5.16 Å². The molecule has 0 aromatic heterocycles. The molecule has 0 saturated carbocycles. The lowest BCUT2D eigenvalue weighted by molar-refractivity contribution is -0.117. The SMILES string of the molecule is C=C(OCC)C(=O)N=C=S. The van der Waals surface area contributed by atoms with E-state index in [9.17, 15) is 4.79 Å². The Morgan fingerprint density at radius 2 is 2.50 bits per heavy atom. The standard InChI is InChI=1S/C6H7NO2S/c1-3-9-5(2)6(8)7-4-10/h2-3H2,1H3. The van der Waals surface area contributed by atoms with Gasteiger partial charge in [0.25, 0.3) is 0 Å². The van der Waals surface area contributed by atoms with Crippen LogP contribution in [0.25, 0.3) is 0 Å². The number of isothiocyanates is 1. The summed E-state index contributed by atoms with van der Waals surface area (Å²) < 4.78 is 4.73. The molecule has 0 spiro atoms. The number of thiocarbonyl (C=S) groups is 1. The molecule has 0 aliphatic heterocycles. The van der Waals surface area contributed by atoms with Gasteiger partial charge >= 0.3 is 5.91 Å². The minimum absolute atomic E-state index is 0.000139. The number of carbonyl (C=O) groups excluding carboxylic acids is 1. The summed E-state index contributed by atoms with van der Waals surface area (Å²) in [4.78, 5) is 13.8. The Hall–Kier alpha value is -0.990. The van der Waals surface area contributed by atoms with Crippen LogP contribution in [0.15, 0.2) is 17.3 Å². The maximum atomic E-state index is 10.6. The summed E-state index contributed by atoms with van der Waals surface area (Å²) in [6, 6.07) is 0. The van der Waals surface area contributed by atoms with Gasteiger partial charge in [-0.1, -0.05) is 6.58 Å². The molecule has 0 heterocycles. The zero-order valence-electron chi connectivity index (χ0n) is 5.59. The van der Waals surface area contributed by atoms with Crippen molar-refractivity contribution in [2.24, 2.45) is 4.99 Å². The maximum Gasteiger partial charge on any atom is 0.320 e. The van der Waals surface area contributed by atoms with E-state index in [1.165, 1.54) is 0 Å². The first-order valence-electron chi connectivity index (χ1n) is 2.66. The lowest BCUT2D eigenvalue weighted by Gasteiger charge is -1.98. The zero-order chi connectivity index (χ0) is 7.98. The number of aliphatic imine (C=N–C) groups is 1. The van der Waals surface area contributed by atoms with E-state index in [0.717, 1.165) is 0 Å². The average Bonchev–Trinajstić information content (AvgIpc) is 1.89. The molecule has 3 nitrogen and oxygen atoms in total. The number of carbonyl (C=O) groups is 1. The zero-order valence-corrected chi connectivity index (χ0v) is 6.40. The van der Waals surface area contributed by atoms with Gasteiger partial charge in [0.2, 0.25) is 0 Å². The fourth-order valence-corrected chi connectivity index (χ4v) is 0.423. The van der Waals surface area contributed by atoms with E-state index >= 15 is 0 Å². The van der Waals surface area contributed by atoms with E-state index < -0.39 is 5.91 Å². The van der Waals surface area contributed by atoms with Crippen molar-refractivity contribution in [3.8, 4) is 0 Å². The quantitative estimate of drug-likeness (QED) is 0.267. The van der Waals surface area contributed by atoms with Crippen LogP contribution < -0.4 is 0 Å². The predicted molar refractivity (Wildman–Crippen MR) is 40.8 cm³/mol. The second-order valence-electron chi connectivity index (χ2n) is 1.36. The molecular formula is C6H7NO2S. The number of hydrogen-bond acceptors (Lipinski definition) is 3. The van der Waals surface area contributed by atoms with Crippen LogP contribution in [0.2, 0.25) is 0 Å². The summed E-state index contributed by atoms with van der Waals surface area (Å²) in [5.74, 6) is -0.572. The molecule has 0 atom stereocenters. The minimum Gasteiger partial charge on any atom is -0.489 e. The molecular weight excluding hydrogens is 150 g/mol. The minimum atomic E-state index is -0.572. The Kier molecular flexibility index (Phi) is 4.37. The summed E-state index contributed by atoms with van der Waals surface area (Å²) in [6.45, 7) is 5.46. The van der Waals surface area contributed by atoms with Gasteiger partial charge in [-0.15, -0.1) is 4.99 Å². The van der Waals surface area contributed by atoms with Crippen LogP contribution in [0.4, 0.5) is 0 Å². The monoisotopic (exact) mass is 157 g/mol. The first-order chi connectivity index (χ1) is 4.72. The fraction of sp³-hybridized carbons (Fsp3) is 0.333. The van der Waals surface area contributed by atoms with E-state index in [0.29, 0.717) is 6.61 Å². The van der Waals surface area contributed by atoms with Gasteiger partial charge in [0.1, 0.15) is 0 Å². The van der Waals surface area contributed by atoms with Crippen molar-refractivity contribution in [2.75, 3.05) is 6.61 Å². The highest BCUT2D eigenvalue weighted by atomic mass is 32.1. The van der Waals surface area contributed by atoms with Crippen LogP contribution in [0.1, 0.15) is 6.92 Å². The molecule has 0 aromatic rings. The van der Waals surface area contributed by atoms with Crippen molar-refractivity contribution in [2.45, 2.75) is 6.92 Å². The average molecular weight is 157 g/mol. The van der Waals surface area contributed by atoms with Gasteiger partial charge < -0.3 is 4.74 Å². The summed E-state index contributed by atoms with van der Waals surface area (Å²) in [5.41, 5.74) is 0. The topological polar surface area (TPSA) is 38.7 Å². The predicted octanol–water partition coefficient (Wildman–Crippen LogP) is 1.17. The Balaban J connectivity index is 3.95. The number of hydrogen-bond donors (Lipinski definition) is 0. The van der Waals surface area contributed by atoms with Crippen molar-refractivity contribution < 1.29 is 9.53 Å². The number of rotatable bonds is 3. The highest BCUT2D eigenvalue weighted by Gasteiger charge is 2.03. The second kappa shape index (κ2) is 4.85. The molecule has 0 rings (SSSR count). The van der Waals surface area contributed by atoms with Gasteiger partial charge in [0.15, 0.2) is 5.76 Å². The molecule has 0 aromatic carbocycles. The van der Waals surface area contributed by atoms with Crippen LogP contribution in [0.5, 0.6) is 0 Å². The Labute approximate surface area is 64.4 Å². The first kappa shape index (κ1) is 9.01. The van der Waals surface area contributed by atoms with Gasteiger partial charge in [-0.05, 0) is 19.1 Å².